The lowest BCUT2D eigenvalue weighted by molar-refractivity contribution is 0.0920. The van der Waals surface area contributed by atoms with Gasteiger partial charge in [0.25, 0.3) is 5.91 Å². The average Bonchev–Trinajstić information content (AvgIpc) is 3.15. The topological polar surface area (TPSA) is 133 Å². The van der Waals surface area contributed by atoms with E-state index in [-0.39, 0.29) is 36.0 Å². The molecule has 0 saturated heterocycles. The summed E-state index contributed by atoms with van der Waals surface area (Å²) in [6.07, 6.45) is 0. The predicted octanol–water partition coefficient (Wildman–Crippen LogP) is 2.07. The van der Waals surface area contributed by atoms with Crippen molar-refractivity contribution in [1.29, 1.82) is 0 Å². The van der Waals surface area contributed by atoms with E-state index in [1.165, 1.54) is 18.2 Å². The molecule has 2 aromatic carbocycles. The van der Waals surface area contributed by atoms with Crippen molar-refractivity contribution in [3.8, 4) is 17.2 Å². The molecule has 0 bridgehead atoms. The molecule has 0 fully saturated rings. The maximum atomic E-state index is 12.3. The van der Waals surface area contributed by atoms with Gasteiger partial charge in [-0.3, -0.25) is 9.59 Å². The van der Waals surface area contributed by atoms with Crippen LogP contribution in [0.15, 0.2) is 46.9 Å². The molecule has 2 amide bonds. The number of methoxy groups -OCH3 is 1. The van der Waals surface area contributed by atoms with Gasteiger partial charge < -0.3 is 34.8 Å². The Bertz CT molecular complexity index is 1050. The van der Waals surface area contributed by atoms with Crippen LogP contribution in [-0.4, -0.2) is 50.4 Å². The minimum Gasteiger partial charge on any atom is -0.504 e. The average molecular weight is 414 g/mol. The molecule has 3 rings (SSSR count). The van der Waals surface area contributed by atoms with Gasteiger partial charge in [0.2, 0.25) is 5.91 Å². The maximum Gasteiger partial charge on any atom is 0.287 e. The molecular weight excluding hydrogens is 392 g/mol. The third-order valence-corrected chi connectivity index (χ3v) is 4.16. The number of phenolic OH excluding ortho intramolecular Hbond substituents is 1. The van der Waals surface area contributed by atoms with Crippen LogP contribution in [0.25, 0.3) is 11.0 Å². The number of carbonyl (C=O) groups excluding carboxylic acids is 2. The number of ether oxygens (including phenoxy) is 3. The van der Waals surface area contributed by atoms with Crippen molar-refractivity contribution in [3.05, 3.63) is 53.8 Å². The fourth-order valence-electron chi connectivity index (χ4n) is 2.67. The standard InChI is InChI=1S/C21H22N2O7/c1-27-8-9-28-15-3-5-17-14(10-15)12-19(30-17)21(26)23-6-7-29-18-4-2-13(20(22)25)11-16(18)24/h2-5,10-12,24H,6-9H2,1H3,(H2,22,25)(H,23,26). The van der Waals surface area contributed by atoms with Crippen molar-refractivity contribution in [3.63, 3.8) is 0 Å². The van der Waals surface area contributed by atoms with Crippen molar-refractivity contribution in [2.45, 2.75) is 0 Å². The van der Waals surface area contributed by atoms with Gasteiger partial charge in [-0.2, -0.15) is 0 Å². The normalized spacial score (nSPS) is 10.7. The highest BCUT2D eigenvalue weighted by Gasteiger charge is 2.13. The number of hydrogen-bond acceptors (Lipinski definition) is 7. The molecule has 4 N–H and O–H groups in total. The molecular formula is C21H22N2O7. The summed E-state index contributed by atoms with van der Waals surface area (Å²) in [5, 5.41) is 13.3. The number of hydrogen-bond donors (Lipinski definition) is 3. The lowest BCUT2D eigenvalue weighted by atomic mass is 10.2. The van der Waals surface area contributed by atoms with Gasteiger partial charge in [0, 0.05) is 18.1 Å². The summed E-state index contributed by atoms with van der Waals surface area (Å²) >= 11 is 0. The first-order chi connectivity index (χ1) is 14.5. The molecule has 0 saturated carbocycles. The Morgan fingerprint density at radius 1 is 1.07 bits per heavy atom. The van der Waals surface area contributed by atoms with Gasteiger partial charge in [0.05, 0.1) is 13.2 Å². The van der Waals surface area contributed by atoms with E-state index in [9.17, 15) is 14.7 Å². The summed E-state index contributed by atoms with van der Waals surface area (Å²) in [6, 6.07) is 11.0. The third-order valence-electron chi connectivity index (χ3n) is 4.16. The zero-order chi connectivity index (χ0) is 21.5. The van der Waals surface area contributed by atoms with Crippen LogP contribution in [0, 0.1) is 0 Å². The first kappa shape index (κ1) is 21.0. The van der Waals surface area contributed by atoms with Crippen molar-refractivity contribution < 1.29 is 33.3 Å². The van der Waals surface area contributed by atoms with E-state index in [2.05, 4.69) is 5.32 Å². The van der Waals surface area contributed by atoms with E-state index in [4.69, 9.17) is 24.4 Å². The van der Waals surface area contributed by atoms with Gasteiger partial charge in [-0.15, -0.1) is 0 Å². The van der Waals surface area contributed by atoms with Crippen LogP contribution < -0.4 is 20.5 Å². The van der Waals surface area contributed by atoms with E-state index in [1.54, 1.807) is 31.4 Å². The summed E-state index contributed by atoms with van der Waals surface area (Å²) in [5.74, 6) is -0.262. The molecule has 0 aliphatic rings. The van der Waals surface area contributed by atoms with Crippen molar-refractivity contribution >= 4 is 22.8 Å². The summed E-state index contributed by atoms with van der Waals surface area (Å²) in [7, 11) is 1.60. The number of aromatic hydroxyl groups is 1. The Hall–Kier alpha value is -3.72. The number of fused-ring (bicyclic) bond motifs is 1. The fraction of sp³-hybridized carbons (Fsp3) is 0.238. The Kier molecular flexibility index (Phi) is 6.76. The second-order valence-electron chi connectivity index (χ2n) is 6.30. The van der Waals surface area contributed by atoms with Gasteiger partial charge in [0.1, 0.15) is 24.5 Å². The van der Waals surface area contributed by atoms with Crippen LogP contribution in [0.4, 0.5) is 0 Å². The zero-order valence-corrected chi connectivity index (χ0v) is 16.3. The van der Waals surface area contributed by atoms with Gasteiger partial charge in [-0.05, 0) is 42.5 Å². The Labute approximate surface area is 172 Å². The molecule has 1 heterocycles. The number of primary amides is 1. The lowest BCUT2D eigenvalue weighted by Gasteiger charge is -2.09. The molecule has 0 spiro atoms. The second kappa shape index (κ2) is 9.66. The number of carbonyl (C=O) groups is 2. The summed E-state index contributed by atoms with van der Waals surface area (Å²) in [6.45, 7) is 1.19. The fourth-order valence-corrected chi connectivity index (χ4v) is 2.67. The highest BCUT2D eigenvalue weighted by molar-refractivity contribution is 5.96. The Morgan fingerprint density at radius 2 is 1.90 bits per heavy atom. The van der Waals surface area contributed by atoms with Crippen molar-refractivity contribution in [2.75, 3.05) is 33.5 Å². The number of nitrogens with two attached hydrogens (primary N) is 1. The van der Waals surface area contributed by atoms with Gasteiger partial charge >= 0.3 is 0 Å². The smallest absolute Gasteiger partial charge is 0.287 e. The second-order valence-corrected chi connectivity index (χ2v) is 6.30. The number of furan rings is 1. The van der Waals surface area contributed by atoms with Gasteiger partial charge in [-0.25, -0.2) is 0 Å². The minimum atomic E-state index is -0.649. The molecule has 0 radical (unpaired) electrons. The minimum absolute atomic E-state index is 0.104. The molecule has 9 heteroatoms. The van der Waals surface area contributed by atoms with E-state index in [0.29, 0.717) is 24.5 Å². The SMILES string of the molecule is COCCOc1ccc2oc(C(=O)NCCOc3ccc(C(N)=O)cc3O)cc2c1. The monoisotopic (exact) mass is 414 g/mol. The summed E-state index contributed by atoms with van der Waals surface area (Å²) < 4.78 is 21.5. The van der Waals surface area contributed by atoms with Crippen LogP contribution >= 0.6 is 0 Å². The number of benzene rings is 2. The molecule has 0 aliphatic carbocycles. The van der Waals surface area contributed by atoms with Crippen molar-refractivity contribution in [1.82, 2.24) is 5.32 Å². The van der Waals surface area contributed by atoms with Crippen LogP contribution in [0.3, 0.4) is 0 Å². The summed E-state index contributed by atoms with van der Waals surface area (Å²) in [5.41, 5.74) is 5.88. The van der Waals surface area contributed by atoms with Gasteiger partial charge in [0.15, 0.2) is 17.3 Å². The largest absolute Gasteiger partial charge is 0.504 e. The highest BCUT2D eigenvalue weighted by atomic mass is 16.5. The molecule has 0 unspecified atom stereocenters. The van der Waals surface area contributed by atoms with Crippen molar-refractivity contribution in [2.24, 2.45) is 5.73 Å². The van der Waals surface area contributed by atoms with E-state index in [0.717, 1.165) is 5.39 Å². The number of rotatable bonds is 10. The van der Waals surface area contributed by atoms with Crippen LogP contribution in [0.2, 0.25) is 0 Å². The maximum absolute atomic E-state index is 12.3. The quantitative estimate of drug-likeness (QED) is 0.433. The van der Waals surface area contributed by atoms with Crippen LogP contribution in [-0.2, 0) is 4.74 Å². The highest BCUT2D eigenvalue weighted by Crippen LogP contribution is 2.27. The molecule has 3 aromatic rings. The first-order valence-corrected chi connectivity index (χ1v) is 9.17. The van der Waals surface area contributed by atoms with Gasteiger partial charge in [-0.1, -0.05) is 0 Å². The zero-order valence-electron chi connectivity index (χ0n) is 16.3. The molecule has 30 heavy (non-hydrogen) atoms. The Morgan fingerprint density at radius 3 is 2.63 bits per heavy atom. The number of nitrogens with one attached hydrogen (secondary N) is 1. The molecule has 0 aliphatic heterocycles. The lowest BCUT2D eigenvalue weighted by Crippen LogP contribution is -2.27. The van der Waals surface area contributed by atoms with Crippen LogP contribution in [0.1, 0.15) is 20.9 Å². The Balaban J connectivity index is 1.52. The predicted molar refractivity (Wildman–Crippen MR) is 108 cm³/mol. The first-order valence-electron chi connectivity index (χ1n) is 9.17. The molecule has 1 aromatic heterocycles. The van der Waals surface area contributed by atoms with E-state index < -0.39 is 11.8 Å². The molecule has 158 valence electrons. The number of phenols is 1. The third kappa shape index (κ3) is 5.21. The summed E-state index contributed by atoms with van der Waals surface area (Å²) in [4.78, 5) is 23.4. The molecule has 9 nitrogen and oxygen atoms in total. The van der Waals surface area contributed by atoms with E-state index >= 15 is 0 Å². The van der Waals surface area contributed by atoms with Crippen LogP contribution in [0.5, 0.6) is 17.2 Å². The number of amides is 2. The van der Waals surface area contributed by atoms with E-state index in [1.807, 2.05) is 0 Å². The molecule has 0 atom stereocenters.